The molecule has 1 fully saturated rings. The summed E-state index contributed by atoms with van der Waals surface area (Å²) in [7, 11) is 1.55. The molecule has 1 aliphatic rings. The zero-order valence-electron chi connectivity index (χ0n) is 9.78. The molecule has 0 spiro atoms. The number of ether oxygens (including phenoxy) is 1. The number of amides is 1. The molecule has 0 aromatic carbocycles. The molecule has 0 saturated carbocycles. The van der Waals surface area contributed by atoms with Crippen LogP contribution in [0.2, 0.25) is 0 Å². The van der Waals surface area contributed by atoms with E-state index in [9.17, 15) is 4.79 Å². The molecule has 1 aromatic heterocycles. The summed E-state index contributed by atoms with van der Waals surface area (Å²) in [6, 6.07) is 1.83. The van der Waals surface area contributed by atoms with Crippen molar-refractivity contribution in [2.24, 2.45) is 0 Å². The first-order chi connectivity index (χ1) is 8.24. The second kappa shape index (κ2) is 5.66. The van der Waals surface area contributed by atoms with Crippen LogP contribution < -0.4 is 4.74 Å². The molecule has 17 heavy (non-hydrogen) atoms. The minimum atomic E-state index is 0.0408. The summed E-state index contributed by atoms with van der Waals surface area (Å²) in [6.07, 6.45) is 5.05. The summed E-state index contributed by atoms with van der Waals surface area (Å²) in [6.45, 7) is 1.68. The summed E-state index contributed by atoms with van der Waals surface area (Å²) in [5, 5.41) is 0. The fraction of sp³-hybridized carbons (Fsp3) is 0.500. The van der Waals surface area contributed by atoms with E-state index in [0.29, 0.717) is 11.4 Å². The van der Waals surface area contributed by atoms with Crippen LogP contribution in [0.1, 0.15) is 29.6 Å². The first-order valence-electron chi connectivity index (χ1n) is 5.72. The van der Waals surface area contributed by atoms with Crippen molar-refractivity contribution in [3.63, 3.8) is 0 Å². The van der Waals surface area contributed by atoms with Crippen LogP contribution in [0.15, 0.2) is 12.3 Å². The molecule has 0 radical (unpaired) electrons. The highest BCUT2D eigenvalue weighted by Crippen LogP contribution is 2.24. The van der Waals surface area contributed by atoms with Crippen molar-refractivity contribution in [3.05, 3.63) is 21.4 Å². The Labute approximate surface area is 114 Å². The lowest BCUT2D eigenvalue weighted by molar-refractivity contribution is 0.0719. The molecule has 0 bridgehead atoms. The Morgan fingerprint density at radius 1 is 1.41 bits per heavy atom. The van der Waals surface area contributed by atoms with Gasteiger partial charge in [-0.1, -0.05) is 0 Å². The predicted octanol–water partition coefficient (Wildman–Crippen LogP) is 2.32. The summed E-state index contributed by atoms with van der Waals surface area (Å²) >= 11 is 2.15. The largest absolute Gasteiger partial charge is 0.480 e. The highest BCUT2D eigenvalue weighted by molar-refractivity contribution is 14.1. The third-order valence-electron chi connectivity index (χ3n) is 2.92. The molecule has 0 unspecified atom stereocenters. The van der Waals surface area contributed by atoms with Gasteiger partial charge < -0.3 is 9.64 Å². The summed E-state index contributed by atoms with van der Waals surface area (Å²) in [5.74, 6) is 0.464. The molecule has 0 aliphatic carbocycles. The van der Waals surface area contributed by atoms with E-state index in [0.717, 1.165) is 29.5 Å². The summed E-state index contributed by atoms with van der Waals surface area (Å²) in [5.41, 5.74) is 0.595. The normalized spacial score (nSPS) is 15.8. The third-order valence-corrected chi connectivity index (χ3v) is 3.81. The topological polar surface area (TPSA) is 42.4 Å². The van der Waals surface area contributed by atoms with Gasteiger partial charge in [-0.2, -0.15) is 0 Å². The van der Waals surface area contributed by atoms with Crippen LogP contribution in [0, 0.1) is 3.57 Å². The van der Waals surface area contributed by atoms with E-state index < -0.39 is 0 Å². The Morgan fingerprint density at radius 3 is 2.76 bits per heavy atom. The molecule has 1 amide bonds. The number of halogens is 1. The number of hydrogen-bond acceptors (Lipinski definition) is 3. The van der Waals surface area contributed by atoms with Gasteiger partial charge in [0.25, 0.3) is 5.91 Å². The number of hydrogen-bond donors (Lipinski definition) is 0. The number of methoxy groups -OCH3 is 1. The molecule has 1 saturated heterocycles. The first kappa shape index (κ1) is 12.6. The number of rotatable bonds is 2. The van der Waals surface area contributed by atoms with Crippen molar-refractivity contribution in [1.29, 1.82) is 0 Å². The van der Waals surface area contributed by atoms with Crippen LogP contribution in [-0.4, -0.2) is 36.0 Å². The zero-order valence-corrected chi connectivity index (χ0v) is 11.9. The van der Waals surface area contributed by atoms with Gasteiger partial charge in [0.15, 0.2) is 0 Å². The van der Waals surface area contributed by atoms with Crippen LogP contribution in [0.4, 0.5) is 0 Å². The molecule has 92 valence electrons. The Hall–Kier alpha value is -0.850. The quantitative estimate of drug-likeness (QED) is 0.772. The lowest BCUT2D eigenvalue weighted by Crippen LogP contribution is -2.36. The third kappa shape index (κ3) is 2.70. The van der Waals surface area contributed by atoms with Gasteiger partial charge in [0.1, 0.15) is 5.56 Å². The molecule has 5 heteroatoms. The van der Waals surface area contributed by atoms with Crippen LogP contribution in [0.25, 0.3) is 0 Å². The average Bonchev–Trinajstić information content (AvgIpc) is 2.38. The Kier molecular flexibility index (Phi) is 4.20. The van der Waals surface area contributed by atoms with Gasteiger partial charge in [0.05, 0.1) is 7.11 Å². The number of carbonyl (C=O) groups is 1. The number of nitrogens with zero attached hydrogens (tertiary/aromatic N) is 2. The number of pyridine rings is 1. The highest BCUT2D eigenvalue weighted by atomic mass is 127. The van der Waals surface area contributed by atoms with Gasteiger partial charge in [-0.15, -0.1) is 0 Å². The van der Waals surface area contributed by atoms with E-state index in [4.69, 9.17) is 4.74 Å². The van der Waals surface area contributed by atoms with Gasteiger partial charge in [-0.3, -0.25) is 4.79 Å². The summed E-state index contributed by atoms with van der Waals surface area (Å²) < 4.78 is 6.07. The van der Waals surface area contributed by atoms with Crippen LogP contribution in [-0.2, 0) is 0 Å². The molecular weight excluding hydrogens is 331 g/mol. The molecule has 1 aromatic rings. The van der Waals surface area contributed by atoms with Gasteiger partial charge in [-0.05, 0) is 47.9 Å². The molecule has 2 heterocycles. The fourth-order valence-electron chi connectivity index (χ4n) is 2.02. The minimum Gasteiger partial charge on any atom is -0.480 e. The number of carbonyl (C=O) groups excluding carboxylic acids is 1. The fourth-order valence-corrected chi connectivity index (χ4v) is 2.65. The maximum atomic E-state index is 12.4. The lowest BCUT2D eigenvalue weighted by Gasteiger charge is -2.27. The van der Waals surface area contributed by atoms with Crippen LogP contribution in [0.3, 0.4) is 0 Å². The van der Waals surface area contributed by atoms with E-state index in [1.807, 2.05) is 11.0 Å². The molecule has 4 nitrogen and oxygen atoms in total. The van der Waals surface area contributed by atoms with Crippen molar-refractivity contribution >= 4 is 28.5 Å². The van der Waals surface area contributed by atoms with Gasteiger partial charge in [0, 0.05) is 22.9 Å². The van der Waals surface area contributed by atoms with Crippen molar-refractivity contribution in [1.82, 2.24) is 9.88 Å². The van der Waals surface area contributed by atoms with Crippen molar-refractivity contribution < 1.29 is 9.53 Å². The van der Waals surface area contributed by atoms with Crippen LogP contribution in [0.5, 0.6) is 5.88 Å². The SMILES string of the molecule is COc1nccc(I)c1C(=O)N1CCCCC1. The average molecular weight is 346 g/mol. The Morgan fingerprint density at radius 2 is 2.12 bits per heavy atom. The molecular formula is C12H15IN2O2. The van der Waals surface area contributed by atoms with Crippen molar-refractivity contribution in [2.75, 3.05) is 20.2 Å². The van der Waals surface area contributed by atoms with E-state index in [1.54, 1.807) is 13.3 Å². The molecule has 1 aliphatic heterocycles. The first-order valence-corrected chi connectivity index (χ1v) is 6.79. The van der Waals surface area contributed by atoms with Crippen molar-refractivity contribution in [2.45, 2.75) is 19.3 Å². The lowest BCUT2D eigenvalue weighted by atomic mass is 10.1. The van der Waals surface area contributed by atoms with Gasteiger partial charge in [-0.25, -0.2) is 4.98 Å². The van der Waals surface area contributed by atoms with E-state index in [-0.39, 0.29) is 5.91 Å². The zero-order chi connectivity index (χ0) is 12.3. The minimum absolute atomic E-state index is 0.0408. The van der Waals surface area contributed by atoms with Gasteiger partial charge >= 0.3 is 0 Å². The smallest absolute Gasteiger partial charge is 0.260 e. The molecule has 0 N–H and O–H groups in total. The maximum absolute atomic E-state index is 12.4. The Balaban J connectivity index is 2.29. The van der Waals surface area contributed by atoms with E-state index >= 15 is 0 Å². The Bertz CT molecular complexity index is 417. The van der Waals surface area contributed by atoms with Crippen molar-refractivity contribution in [3.8, 4) is 5.88 Å². The standard InChI is InChI=1S/C12H15IN2O2/c1-17-11-10(9(13)5-6-14-11)12(16)15-7-3-2-4-8-15/h5-6H,2-4,7-8H2,1H3. The maximum Gasteiger partial charge on any atom is 0.260 e. The van der Waals surface area contributed by atoms with Gasteiger partial charge in [0.2, 0.25) is 5.88 Å². The van der Waals surface area contributed by atoms with E-state index in [1.165, 1.54) is 6.42 Å². The molecule has 0 atom stereocenters. The van der Waals surface area contributed by atoms with E-state index in [2.05, 4.69) is 27.6 Å². The highest BCUT2D eigenvalue weighted by Gasteiger charge is 2.24. The number of aromatic nitrogens is 1. The van der Waals surface area contributed by atoms with Crippen LogP contribution >= 0.6 is 22.6 Å². The summed E-state index contributed by atoms with van der Waals surface area (Å²) in [4.78, 5) is 18.4. The number of likely N-dealkylation sites (tertiary alicyclic amines) is 1. The monoisotopic (exact) mass is 346 g/mol. The predicted molar refractivity (Wildman–Crippen MR) is 73.3 cm³/mol. The number of piperidine rings is 1. The molecule has 2 rings (SSSR count). The second-order valence-electron chi connectivity index (χ2n) is 4.03. The second-order valence-corrected chi connectivity index (χ2v) is 5.19.